The quantitative estimate of drug-likeness (QED) is 0.731. The fourth-order valence-electron chi connectivity index (χ4n) is 4.20. The molecule has 3 rings (SSSR count). The van der Waals surface area contributed by atoms with Gasteiger partial charge < -0.3 is 9.32 Å². The van der Waals surface area contributed by atoms with Gasteiger partial charge in [0.25, 0.3) is 0 Å². The number of nitrogens with zero attached hydrogens (tertiary/aromatic N) is 2. The van der Waals surface area contributed by atoms with Crippen LogP contribution in [-0.2, 0) is 11.3 Å². The lowest BCUT2D eigenvalue weighted by Crippen LogP contribution is -2.38. The maximum absolute atomic E-state index is 12.2. The second-order valence-electron chi connectivity index (χ2n) is 8.30. The smallest absolute Gasteiger partial charge is 0.219 e. The molecule has 1 fully saturated rings. The molecule has 4 heteroatoms. The molecular formula is C23H32N2O2. The number of carbonyl (C=O) groups is 1. The molecule has 146 valence electrons. The van der Waals surface area contributed by atoms with E-state index in [1.165, 1.54) is 5.56 Å². The summed E-state index contributed by atoms with van der Waals surface area (Å²) in [5.74, 6) is 3.51. The molecule has 1 saturated heterocycles. The highest BCUT2D eigenvalue weighted by atomic mass is 16.3. The van der Waals surface area contributed by atoms with Crippen LogP contribution in [-0.4, -0.2) is 41.9 Å². The van der Waals surface area contributed by atoms with Crippen LogP contribution in [0.1, 0.15) is 43.8 Å². The van der Waals surface area contributed by atoms with Crippen LogP contribution in [0.25, 0.3) is 0 Å². The Balaban J connectivity index is 1.76. The zero-order valence-electron chi connectivity index (χ0n) is 17.0. The van der Waals surface area contributed by atoms with Crippen molar-refractivity contribution in [1.82, 2.24) is 9.80 Å². The van der Waals surface area contributed by atoms with E-state index in [2.05, 4.69) is 55.1 Å². The Bertz CT molecular complexity index is 738. The van der Waals surface area contributed by atoms with Crippen LogP contribution < -0.4 is 0 Å². The van der Waals surface area contributed by atoms with Crippen LogP contribution in [0, 0.1) is 18.8 Å². The van der Waals surface area contributed by atoms with Gasteiger partial charge in [0, 0.05) is 39.0 Å². The number of aryl methyl sites for hydroxylation is 1. The lowest BCUT2D eigenvalue weighted by Gasteiger charge is -2.29. The molecular weight excluding hydrogens is 336 g/mol. The number of amides is 1. The Morgan fingerprint density at radius 1 is 1.19 bits per heavy atom. The van der Waals surface area contributed by atoms with Gasteiger partial charge in [0.15, 0.2) is 0 Å². The van der Waals surface area contributed by atoms with Crippen molar-refractivity contribution in [3.8, 4) is 0 Å². The SMILES string of the molecule is CC(=O)N(CC(C)C)C[C@@H]1CN(Cc2ccc(C)o2)C[C@@H]1c1ccccc1. The van der Waals surface area contributed by atoms with E-state index in [0.29, 0.717) is 17.8 Å². The Labute approximate surface area is 163 Å². The van der Waals surface area contributed by atoms with Crippen molar-refractivity contribution in [2.75, 3.05) is 26.2 Å². The van der Waals surface area contributed by atoms with Gasteiger partial charge in [0.2, 0.25) is 5.91 Å². The number of carbonyl (C=O) groups excluding carboxylic acids is 1. The molecule has 1 aliphatic rings. The van der Waals surface area contributed by atoms with Crippen molar-refractivity contribution in [3.63, 3.8) is 0 Å². The molecule has 0 bridgehead atoms. The molecule has 1 aliphatic heterocycles. The number of likely N-dealkylation sites (tertiary alicyclic amines) is 1. The van der Waals surface area contributed by atoms with Crippen LogP contribution in [0.3, 0.4) is 0 Å². The summed E-state index contributed by atoms with van der Waals surface area (Å²) in [5, 5.41) is 0. The van der Waals surface area contributed by atoms with Gasteiger partial charge in [0.1, 0.15) is 11.5 Å². The van der Waals surface area contributed by atoms with Gasteiger partial charge in [-0.2, -0.15) is 0 Å². The normalized spacial score (nSPS) is 20.3. The van der Waals surface area contributed by atoms with Gasteiger partial charge >= 0.3 is 0 Å². The summed E-state index contributed by atoms with van der Waals surface area (Å²) in [6.07, 6.45) is 0. The van der Waals surface area contributed by atoms with Crippen molar-refractivity contribution in [3.05, 3.63) is 59.5 Å². The Hall–Kier alpha value is -2.07. The second-order valence-corrected chi connectivity index (χ2v) is 8.30. The van der Waals surface area contributed by atoms with E-state index in [1.54, 1.807) is 6.92 Å². The second kappa shape index (κ2) is 8.75. The highest BCUT2D eigenvalue weighted by Gasteiger charge is 2.35. The lowest BCUT2D eigenvalue weighted by atomic mass is 9.88. The maximum Gasteiger partial charge on any atom is 0.219 e. The minimum absolute atomic E-state index is 0.177. The van der Waals surface area contributed by atoms with Crippen molar-refractivity contribution in [2.24, 2.45) is 11.8 Å². The molecule has 0 radical (unpaired) electrons. The molecule has 2 atom stereocenters. The van der Waals surface area contributed by atoms with Crippen LogP contribution in [0.2, 0.25) is 0 Å². The predicted molar refractivity (Wildman–Crippen MR) is 108 cm³/mol. The molecule has 1 amide bonds. The Morgan fingerprint density at radius 2 is 1.93 bits per heavy atom. The summed E-state index contributed by atoms with van der Waals surface area (Å²) in [5.41, 5.74) is 1.37. The van der Waals surface area contributed by atoms with Crippen molar-refractivity contribution in [2.45, 2.75) is 40.2 Å². The molecule has 2 aromatic rings. The molecule has 1 aromatic heterocycles. The van der Waals surface area contributed by atoms with Gasteiger partial charge in [-0.3, -0.25) is 9.69 Å². The molecule has 0 saturated carbocycles. The van der Waals surface area contributed by atoms with E-state index in [1.807, 2.05) is 17.9 Å². The van der Waals surface area contributed by atoms with E-state index < -0.39 is 0 Å². The van der Waals surface area contributed by atoms with Gasteiger partial charge in [-0.15, -0.1) is 0 Å². The fourth-order valence-corrected chi connectivity index (χ4v) is 4.20. The van der Waals surface area contributed by atoms with Gasteiger partial charge in [-0.25, -0.2) is 0 Å². The largest absolute Gasteiger partial charge is 0.465 e. The van der Waals surface area contributed by atoms with Crippen molar-refractivity contribution >= 4 is 5.91 Å². The monoisotopic (exact) mass is 368 g/mol. The molecule has 0 spiro atoms. The zero-order chi connectivity index (χ0) is 19.4. The average molecular weight is 369 g/mol. The van der Waals surface area contributed by atoms with Crippen LogP contribution in [0.4, 0.5) is 0 Å². The maximum atomic E-state index is 12.2. The summed E-state index contributed by atoms with van der Waals surface area (Å²) < 4.78 is 5.79. The summed E-state index contributed by atoms with van der Waals surface area (Å²) in [7, 11) is 0. The minimum atomic E-state index is 0.177. The zero-order valence-corrected chi connectivity index (χ0v) is 17.0. The molecule has 2 heterocycles. The number of furan rings is 1. The highest BCUT2D eigenvalue weighted by Crippen LogP contribution is 2.34. The molecule has 0 unspecified atom stereocenters. The predicted octanol–water partition coefficient (Wildman–Crippen LogP) is 4.31. The first-order valence-electron chi connectivity index (χ1n) is 10.0. The van der Waals surface area contributed by atoms with Crippen molar-refractivity contribution < 1.29 is 9.21 Å². The summed E-state index contributed by atoms with van der Waals surface area (Å²) in [6.45, 7) is 12.5. The minimum Gasteiger partial charge on any atom is -0.465 e. The number of benzene rings is 1. The van der Waals surface area contributed by atoms with E-state index in [-0.39, 0.29) is 5.91 Å². The van der Waals surface area contributed by atoms with E-state index in [4.69, 9.17) is 4.42 Å². The van der Waals surface area contributed by atoms with Gasteiger partial charge in [-0.1, -0.05) is 44.2 Å². The first kappa shape index (κ1) is 19.7. The topological polar surface area (TPSA) is 36.7 Å². The third-order valence-corrected chi connectivity index (χ3v) is 5.41. The van der Waals surface area contributed by atoms with Gasteiger partial charge in [-0.05, 0) is 36.5 Å². The summed E-state index contributed by atoms with van der Waals surface area (Å²) >= 11 is 0. The van der Waals surface area contributed by atoms with E-state index >= 15 is 0 Å². The number of hydrogen-bond acceptors (Lipinski definition) is 3. The van der Waals surface area contributed by atoms with Crippen LogP contribution in [0.15, 0.2) is 46.9 Å². The first-order valence-corrected chi connectivity index (χ1v) is 10.0. The van der Waals surface area contributed by atoms with Gasteiger partial charge in [0.05, 0.1) is 6.54 Å². The van der Waals surface area contributed by atoms with E-state index in [9.17, 15) is 4.79 Å². The standard InChI is InChI=1S/C23H32N2O2/c1-17(2)12-25(19(4)26)14-21-13-24(15-22-11-10-18(3)27-22)16-23(21)20-8-6-5-7-9-20/h5-11,17,21,23H,12-16H2,1-4H3/t21-,23+/m0/s1. The third kappa shape index (κ3) is 5.23. The summed E-state index contributed by atoms with van der Waals surface area (Å²) in [4.78, 5) is 16.7. The Kier molecular flexibility index (Phi) is 6.38. The molecule has 1 aromatic carbocycles. The molecule has 0 N–H and O–H groups in total. The van der Waals surface area contributed by atoms with Crippen LogP contribution >= 0.6 is 0 Å². The lowest BCUT2D eigenvalue weighted by molar-refractivity contribution is -0.130. The number of rotatable bonds is 7. The Morgan fingerprint density at radius 3 is 2.52 bits per heavy atom. The highest BCUT2D eigenvalue weighted by molar-refractivity contribution is 5.73. The fraction of sp³-hybridized carbons (Fsp3) is 0.522. The number of hydrogen-bond donors (Lipinski definition) is 0. The van der Waals surface area contributed by atoms with Crippen LogP contribution in [0.5, 0.6) is 0 Å². The average Bonchev–Trinajstić information content (AvgIpc) is 3.21. The molecule has 0 aliphatic carbocycles. The molecule has 4 nitrogen and oxygen atoms in total. The molecule has 27 heavy (non-hydrogen) atoms. The third-order valence-electron chi connectivity index (χ3n) is 5.41. The summed E-state index contributed by atoms with van der Waals surface area (Å²) in [6, 6.07) is 14.8. The first-order chi connectivity index (χ1) is 12.9. The van der Waals surface area contributed by atoms with E-state index in [0.717, 1.165) is 44.2 Å². The van der Waals surface area contributed by atoms with Crippen molar-refractivity contribution in [1.29, 1.82) is 0 Å².